The van der Waals surface area contributed by atoms with E-state index in [1.807, 2.05) is 27.1 Å². The highest BCUT2D eigenvalue weighted by Gasteiger charge is 2.58. The van der Waals surface area contributed by atoms with E-state index in [-0.39, 0.29) is 5.92 Å². The number of nitrogens with zero attached hydrogens (tertiary/aromatic N) is 2. The summed E-state index contributed by atoms with van der Waals surface area (Å²) in [7, 11) is 3.73. The maximum Gasteiger partial charge on any atom is 0.490 e. The number of likely N-dealkylation sites (tertiary alicyclic amines) is 1. The van der Waals surface area contributed by atoms with Crippen molar-refractivity contribution in [3.63, 3.8) is 0 Å². The molecule has 1 atom stereocenters. The third-order valence-corrected chi connectivity index (χ3v) is 5.20. The third kappa shape index (κ3) is 5.47. The van der Waals surface area contributed by atoms with Crippen molar-refractivity contribution in [1.29, 1.82) is 0 Å². The van der Waals surface area contributed by atoms with E-state index < -0.39 is 12.1 Å². The maximum atomic E-state index is 12.1. The molecule has 1 aliphatic carbocycles. The first-order valence-corrected chi connectivity index (χ1v) is 8.73. The van der Waals surface area contributed by atoms with Crippen molar-refractivity contribution in [2.45, 2.75) is 38.9 Å². The molecule has 1 aromatic rings. The molecular weight excluding hydrogens is 365 g/mol. The summed E-state index contributed by atoms with van der Waals surface area (Å²) in [6, 6.07) is 4.09. The zero-order chi connectivity index (χ0) is 20.4. The van der Waals surface area contributed by atoms with Crippen molar-refractivity contribution in [1.82, 2.24) is 9.80 Å². The van der Waals surface area contributed by atoms with Gasteiger partial charge in [-0.3, -0.25) is 9.69 Å². The SMILES string of the molecule is Cc1ccc(CN2CCC3(CC2)CC3C(=O)N(C)C)o1.O=C(O)C(F)(F)F. The average molecular weight is 390 g/mol. The van der Waals surface area contributed by atoms with Gasteiger partial charge >= 0.3 is 12.1 Å². The molecule has 9 heteroatoms. The second-order valence-electron chi connectivity index (χ2n) is 7.44. The zero-order valence-electron chi connectivity index (χ0n) is 15.7. The topological polar surface area (TPSA) is 74.0 Å². The van der Waals surface area contributed by atoms with Crippen LogP contribution >= 0.6 is 0 Å². The molecule has 1 N–H and O–H groups in total. The number of halogens is 3. The molecule has 152 valence electrons. The fourth-order valence-corrected chi connectivity index (χ4v) is 3.51. The third-order valence-electron chi connectivity index (χ3n) is 5.20. The van der Waals surface area contributed by atoms with Crippen LogP contribution in [-0.2, 0) is 16.1 Å². The number of carboxylic acid groups (broad SMARTS) is 1. The van der Waals surface area contributed by atoms with Crippen LogP contribution in [0.15, 0.2) is 16.5 Å². The van der Waals surface area contributed by atoms with Gasteiger partial charge in [0.25, 0.3) is 0 Å². The minimum Gasteiger partial charge on any atom is -0.475 e. The number of aliphatic carboxylic acids is 1. The number of aryl methyl sites for hydroxylation is 1. The Morgan fingerprint density at radius 2 is 1.85 bits per heavy atom. The number of carbonyl (C=O) groups excluding carboxylic acids is 1. The Kier molecular flexibility index (Phi) is 6.24. The molecule has 1 saturated heterocycles. The van der Waals surface area contributed by atoms with Crippen molar-refractivity contribution in [2.24, 2.45) is 11.3 Å². The largest absolute Gasteiger partial charge is 0.490 e. The first-order valence-electron chi connectivity index (χ1n) is 8.73. The summed E-state index contributed by atoms with van der Waals surface area (Å²) in [6.45, 7) is 5.04. The van der Waals surface area contributed by atoms with Crippen LogP contribution in [0.1, 0.15) is 30.8 Å². The lowest BCUT2D eigenvalue weighted by Crippen LogP contribution is -2.36. The van der Waals surface area contributed by atoms with Crippen molar-refractivity contribution in [3.8, 4) is 0 Å². The lowest BCUT2D eigenvalue weighted by atomic mass is 9.90. The quantitative estimate of drug-likeness (QED) is 0.859. The van der Waals surface area contributed by atoms with Crippen molar-refractivity contribution >= 4 is 11.9 Å². The number of hydrogen-bond donors (Lipinski definition) is 1. The molecule has 27 heavy (non-hydrogen) atoms. The van der Waals surface area contributed by atoms with Gasteiger partial charge in [-0.25, -0.2) is 4.79 Å². The lowest BCUT2D eigenvalue weighted by Gasteiger charge is -2.32. The highest BCUT2D eigenvalue weighted by atomic mass is 19.4. The van der Waals surface area contributed by atoms with E-state index in [9.17, 15) is 18.0 Å². The number of amides is 1. The standard InChI is InChI=1S/C16H24N2O2.C2HF3O2/c1-12-4-5-13(20-12)11-18-8-6-16(7-9-18)10-14(16)15(19)17(2)3;3-2(4,5)1(6)7/h4-5,14H,6-11H2,1-3H3;(H,6,7). The number of hydrogen-bond acceptors (Lipinski definition) is 4. The van der Waals surface area contributed by atoms with Crippen LogP contribution in [0.25, 0.3) is 0 Å². The molecule has 2 fully saturated rings. The minimum absolute atomic E-state index is 0.283. The van der Waals surface area contributed by atoms with Gasteiger partial charge in [0.2, 0.25) is 5.91 Å². The number of piperidine rings is 1. The van der Waals surface area contributed by atoms with Gasteiger partial charge < -0.3 is 14.4 Å². The fourth-order valence-electron chi connectivity index (χ4n) is 3.51. The summed E-state index contributed by atoms with van der Waals surface area (Å²) >= 11 is 0. The van der Waals surface area contributed by atoms with Crippen molar-refractivity contribution in [2.75, 3.05) is 27.2 Å². The summed E-state index contributed by atoms with van der Waals surface area (Å²) in [5.74, 6) is -0.124. The summed E-state index contributed by atoms with van der Waals surface area (Å²) in [6.07, 6.45) is -1.69. The van der Waals surface area contributed by atoms with E-state index >= 15 is 0 Å². The molecule has 0 radical (unpaired) electrons. The minimum atomic E-state index is -5.08. The maximum absolute atomic E-state index is 12.1. The summed E-state index contributed by atoms with van der Waals surface area (Å²) in [5, 5.41) is 7.12. The van der Waals surface area contributed by atoms with Crippen LogP contribution in [0, 0.1) is 18.3 Å². The second-order valence-corrected chi connectivity index (χ2v) is 7.44. The summed E-state index contributed by atoms with van der Waals surface area (Å²) < 4.78 is 37.4. The number of furan rings is 1. The molecule has 1 unspecified atom stereocenters. The Balaban J connectivity index is 0.000000321. The number of carbonyl (C=O) groups is 2. The van der Waals surface area contributed by atoms with Gasteiger partial charge in [0.1, 0.15) is 11.5 Å². The Morgan fingerprint density at radius 3 is 2.26 bits per heavy atom. The van der Waals surface area contributed by atoms with E-state index in [1.54, 1.807) is 4.90 Å². The molecule has 0 aromatic carbocycles. The summed E-state index contributed by atoms with van der Waals surface area (Å²) in [5.41, 5.74) is 0.316. The molecule has 2 heterocycles. The lowest BCUT2D eigenvalue weighted by molar-refractivity contribution is -0.192. The molecule has 0 bridgehead atoms. The summed E-state index contributed by atoms with van der Waals surface area (Å²) in [4.78, 5) is 25.1. The molecule has 1 amide bonds. The van der Waals surface area contributed by atoms with Crippen molar-refractivity contribution in [3.05, 3.63) is 23.7 Å². The van der Waals surface area contributed by atoms with Gasteiger partial charge in [-0.1, -0.05) is 0 Å². The van der Waals surface area contributed by atoms with Gasteiger partial charge in [-0.05, 0) is 56.8 Å². The molecule has 6 nitrogen and oxygen atoms in total. The predicted molar refractivity (Wildman–Crippen MR) is 90.9 cm³/mol. The molecular formula is C18H25F3N2O4. The van der Waals surface area contributed by atoms with E-state index in [0.717, 1.165) is 50.4 Å². The van der Waals surface area contributed by atoms with Crippen LogP contribution in [-0.4, -0.2) is 60.1 Å². The van der Waals surface area contributed by atoms with Crippen LogP contribution in [0.4, 0.5) is 13.2 Å². The van der Waals surface area contributed by atoms with Gasteiger partial charge in [0.15, 0.2) is 0 Å². The first kappa shape index (κ1) is 21.3. The Morgan fingerprint density at radius 1 is 1.30 bits per heavy atom. The fraction of sp³-hybridized carbons (Fsp3) is 0.667. The van der Waals surface area contributed by atoms with E-state index in [4.69, 9.17) is 14.3 Å². The molecule has 3 rings (SSSR count). The van der Waals surface area contributed by atoms with Crippen LogP contribution in [0.5, 0.6) is 0 Å². The average Bonchev–Trinajstić information content (AvgIpc) is 3.11. The number of alkyl halides is 3. The van der Waals surface area contributed by atoms with Crippen LogP contribution in [0.2, 0.25) is 0 Å². The van der Waals surface area contributed by atoms with Gasteiger partial charge in [-0.15, -0.1) is 0 Å². The smallest absolute Gasteiger partial charge is 0.475 e. The highest BCUT2D eigenvalue weighted by Crippen LogP contribution is 2.59. The van der Waals surface area contributed by atoms with E-state index in [0.29, 0.717) is 11.3 Å². The normalized spacial score (nSPS) is 21.3. The van der Waals surface area contributed by atoms with Crippen LogP contribution < -0.4 is 0 Å². The monoisotopic (exact) mass is 390 g/mol. The molecule has 2 aliphatic rings. The van der Waals surface area contributed by atoms with Gasteiger partial charge in [0.05, 0.1) is 6.54 Å². The number of rotatable bonds is 3. The Bertz CT molecular complexity index is 676. The highest BCUT2D eigenvalue weighted by molar-refractivity contribution is 5.82. The second kappa shape index (κ2) is 7.92. The zero-order valence-corrected chi connectivity index (χ0v) is 15.7. The van der Waals surface area contributed by atoms with Gasteiger partial charge in [-0.2, -0.15) is 13.2 Å². The van der Waals surface area contributed by atoms with Gasteiger partial charge in [0, 0.05) is 20.0 Å². The predicted octanol–water partition coefficient (Wildman–Crippen LogP) is 2.91. The van der Waals surface area contributed by atoms with Crippen molar-refractivity contribution < 1.29 is 32.3 Å². The molecule has 1 aromatic heterocycles. The number of carboxylic acids is 1. The molecule has 1 aliphatic heterocycles. The van der Waals surface area contributed by atoms with E-state index in [2.05, 4.69) is 11.0 Å². The van der Waals surface area contributed by atoms with Crippen LogP contribution in [0.3, 0.4) is 0 Å². The Labute approximate surface area is 155 Å². The first-order chi connectivity index (χ1) is 12.4. The molecule has 1 spiro atoms. The Hall–Kier alpha value is -2.03. The molecule has 1 saturated carbocycles. The van der Waals surface area contributed by atoms with E-state index in [1.165, 1.54) is 0 Å².